The van der Waals surface area contributed by atoms with Gasteiger partial charge in [-0.3, -0.25) is 0 Å². The van der Waals surface area contributed by atoms with Crippen molar-refractivity contribution < 1.29 is 28.6 Å². The first-order valence-electron chi connectivity index (χ1n) is 9.88. The van der Waals surface area contributed by atoms with Crippen molar-refractivity contribution in [3.05, 3.63) is 24.3 Å². The number of allylic oxidation sites excluding steroid dienone is 3. The van der Waals surface area contributed by atoms with Crippen LogP contribution in [0.4, 0.5) is 8.78 Å². The van der Waals surface area contributed by atoms with Crippen LogP contribution in [0.2, 0.25) is 0 Å². The second-order valence-corrected chi connectivity index (χ2v) is 6.44. The Morgan fingerprint density at radius 1 is 1.00 bits per heavy atom. The van der Waals surface area contributed by atoms with Crippen molar-refractivity contribution in [3.63, 3.8) is 0 Å². The van der Waals surface area contributed by atoms with E-state index in [0.717, 1.165) is 38.4 Å². The molecule has 0 saturated heterocycles. The zero-order chi connectivity index (χ0) is 21.0. The van der Waals surface area contributed by atoms with Gasteiger partial charge in [-0.1, -0.05) is 63.8 Å². The zero-order valence-corrected chi connectivity index (χ0v) is 16.7. The molecule has 4 nitrogen and oxygen atoms in total. The van der Waals surface area contributed by atoms with Crippen molar-refractivity contribution in [2.24, 2.45) is 0 Å². The van der Waals surface area contributed by atoms with E-state index >= 15 is 0 Å². The Kier molecular flexibility index (Phi) is 19.7. The Bertz CT molecular complexity index is 420. The SMILES string of the molecule is CCCCC(F)(F)C(=O)O.CCCCCC(O)/C=C/C=C\CCCCC=O. The van der Waals surface area contributed by atoms with Crippen LogP contribution in [0.3, 0.4) is 0 Å². The third-order valence-corrected chi connectivity index (χ3v) is 3.78. The summed E-state index contributed by atoms with van der Waals surface area (Å²) in [5, 5.41) is 17.5. The highest BCUT2D eigenvalue weighted by Gasteiger charge is 2.37. The number of alkyl halides is 2. The number of aldehydes is 1. The smallest absolute Gasteiger partial charge is 0.374 e. The van der Waals surface area contributed by atoms with Gasteiger partial charge in [-0.05, 0) is 32.1 Å². The number of carboxylic acids is 1. The van der Waals surface area contributed by atoms with E-state index in [-0.39, 0.29) is 12.5 Å². The fourth-order valence-electron chi connectivity index (χ4n) is 2.06. The molecule has 0 aliphatic carbocycles. The van der Waals surface area contributed by atoms with E-state index in [1.807, 2.05) is 18.2 Å². The minimum absolute atomic E-state index is 0.249. The van der Waals surface area contributed by atoms with Gasteiger partial charge in [-0.15, -0.1) is 0 Å². The Hall–Kier alpha value is -1.56. The van der Waals surface area contributed by atoms with Gasteiger partial charge >= 0.3 is 11.9 Å². The summed E-state index contributed by atoms with van der Waals surface area (Å²) >= 11 is 0. The van der Waals surface area contributed by atoms with Gasteiger partial charge in [0, 0.05) is 12.8 Å². The fraction of sp³-hybridized carbons (Fsp3) is 0.714. The van der Waals surface area contributed by atoms with Crippen LogP contribution in [0.15, 0.2) is 24.3 Å². The molecule has 1 unspecified atom stereocenters. The molecule has 0 aromatic rings. The van der Waals surface area contributed by atoms with E-state index in [9.17, 15) is 23.5 Å². The Morgan fingerprint density at radius 3 is 2.19 bits per heavy atom. The van der Waals surface area contributed by atoms with Crippen LogP contribution in [0.25, 0.3) is 0 Å². The van der Waals surface area contributed by atoms with Gasteiger partial charge < -0.3 is 15.0 Å². The summed E-state index contributed by atoms with van der Waals surface area (Å²) < 4.78 is 24.3. The molecule has 0 fully saturated rings. The number of hydrogen-bond acceptors (Lipinski definition) is 3. The molecule has 0 rings (SSSR count). The summed E-state index contributed by atoms with van der Waals surface area (Å²) in [7, 11) is 0. The Balaban J connectivity index is 0. The first-order chi connectivity index (χ1) is 12.8. The number of hydrogen-bond donors (Lipinski definition) is 2. The molecule has 6 heteroatoms. The fourth-order valence-corrected chi connectivity index (χ4v) is 2.06. The molecule has 0 bridgehead atoms. The molecule has 0 aliphatic rings. The van der Waals surface area contributed by atoms with E-state index in [2.05, 4.69) is 13.0 Å². The normalized spacial score (nSPS) is 12.8. The molecular weight excluding hydrogens is 354 g/mol. The molecule has 0 heterocycles. The van der Waals surface area contributed by atoms with Crippen molar-refractivity contribution in [1.82, 2.24) is 0 Å². The van der Waals surface area contributed by atoms with Crippen molar-refractivity contribution in [2.45, 2.75) is 96.5 Å². The molecule has 0 amide bonds. The standard InChI is InChI=1S/C15H26O2.C6H10F2O2/c1-2-3-9-12-15(17)13-10-7-5-4-6-8-11-14-16;1-2-3-4-6(7,8)5(9)10/h5,7,10,13-15,17H,2-4,6,8-9,11-12H2,1H3;2-4H2,1H3,(H,9,10)/b7-5-,13-10+;. The number of aliphatic hydroxyl groups is 1. The van der Waals surface area contributed by atoms with E-state index < -0.39 is 18.3 Å². The topological polar surface area (TPSA) is 74.6 Å². The number of halogens is 2. The predicted molar refractivity (Wildman–Crippen MR) is 105 cm³/mol. The summed E-state index contributed by atoms with van der Waals surface area (Å²) in [6, 6.07) is 0. The minimum Gasteiger partial charge on any atom is -0.477 e. The van der Waals surface area contributed by atoms with Crippen LogP contribution >= 0.6 is 0 Å². The van der Waals surface area contributed by atoms with Crippen LogP contribution in [0, 0.1) is 0 Å². The lowest BCUT2D eigenvalue weighted by Crippen LogP contribution is -2.27. The lowest BCUT2D eigenvalue weighted by molar-refractivity contribution is -0.165. The van der Waals surface area contributed by atoms with Gasteiger partial charge in [-0.2, -0.15) is 8.78 Å². The summed E-state index contributed by atoms with van der Waals surface area (Å²) in [6.07, 6.45) is 16.8. The molecule has 0 aliphatic heterocycles. The second-order valence-electron chi connectivity index (χ2n) is 6.44. The van der Waals surface area contributed by atoms with Crippen molar-refractivity contribution in [1.29, 1.82) is 0 Å². The third-order valence-electron chi connectivity index (χ3n) is 3.78. The second kappa shape index (κ2) is 19.2. The highest BCUT2D eigenvalue weighted by molar-refractivity contribution is 5.75. The lowest BCUT2D eigenvalue weighted by Gasteiger charge is -2.08. The number of aliphatic hydroxyl groups excluding tert-OH is 1. The first-order valence-corrected chi connectivity index (χ1v) is 9.88. The number of carbonyl (C=O) groups is 2. The van der Waals surface area contributed by atoms with Crippen LogP contribution in [0.1, 0.15) is 84.5 Å². The summed E-state index contributed by atoms with van der Waals surface area (Å²) in [6.45, 7) is 3.90. The van der Waals surface area contributed by atoms with Gasteiger partial charge in [0.2, 0.25) is 0 Å². The molecule has 0 aromatic carbocycles. The van der Waals surface area contributed by atoms with Crippen LogP contribution in [-0.2, 0) is 9.59 Å². The van der Waals surface area contributed by atoms with Gasteiger partial charge in [0.05, 0.1) is 6.10 Å². The van der Waals surface area contributed by atoms with Gasteiger partial charge in [0.15, 0.2) is 0 Å². The molecule has 158 valence electrons. The molecule has 27 heavy (non-hydrogen) atoms. The quantitative estimate of drug-likeness (QED) is 0.214. The Morgan fingerprint density at radius 2 is 1.63 bits per heavy atom. The largest absolute Gasteiger partial charge is 0.477 e. The van der Waals surface area contributed by atoms with E-state index in [4.69, 9.17) is 5.11 Å². The van der Waals surface area contributed by atoms with Crippen LogP contribution < -0.4 is 0 Å². The van der Waals surface area contributed by atoms with E-state index in [0.29, 0.717) is 12.8 Å². The van der Waals surface area contributed by atoms with Gasteiger partial charge in [0.25, 0.3) is 0 Å². The molecule has 0 radical (unpaired) electrons. The van der Waals surface area contributed by atoms with E-state index in [1.165, 1.54) is 12.8 Å². The highest BCUT2D eigenvalue weighted by atomic mass is 19.3. The maximum atomic E-state index is 12.1. The predicted octanol–water partition coefficient (Wildman–Crippen LogP) is 5.70. The average Bonchev–Trinajstić information content (AvgIpc) is 2.63. The number of aliphatic carboxylic acids is 1. The first kappa shape index (κ1) is 27.7. The number of rotatable bonds is 15. The summed E-state index contributed by atoms with van der Waals surface area (Å²) in [4.78, 5) is 19.8. The van der Waals surface area contributed by atoms with Gasteiger partial charge in [-0.25, -0.2) is 4.79 Å². The maximum Gasteiger partial charge on any atom is 0.374 e. The molecule has 0 spiro atoms. The number of carbonyl (C=O) groups excluding carboxylic acids is 1. The molecule has 0 saturated carbocycles. The molecular formula is C21H36F2O4. The molecule has 0 aromatic heterocycles. The lowest BCUT2D eigenvalue weighted by atomic mass is 10.1. The van der Waals surface area contributed by atoms with Crippen molar-refractivity contribution in [2.75, 3.05) is 0 Å². The number of carboxylic acid groups (broad SMARTS) is 1. The minimum atomic E-state index is -3.53. The van der Waals surface area contributed by atoms with Crippen molar-refractivity contribution in [3.8, 4) is 0 Å². The van der Waals surface area contributed by atoms with Gasteiger partial charge in [0.1, 0.15) is 6.29 Å². The summed E-state index contributed by atoms with van der Waals surface area (Å²) in [5.41, 5.74) is 0. The molecule has 2 N–H and O–H groups in total. The van der Waals surface area contributed by atoms with Crippen LogP contribution in [0.5, 0.6) is 0 Å². The zero-order valence-electron chi connectivity index (χ0n) is 16.7. The van der Waals surface area contributed by atoms with Crippen molar-refractivity contribution >= 4 is 12.3 Å². The highest BCUT2D eigenvalue weighted by Crippen LogP contribution is 2.20. The number of unbranched alkanes of at least 4 members (excludes halogenated alkanes) is 6. The average molecular weight is 391 g/mol. The van der Waals surface area contributed by atoms with E-state index in [1.54, 1.807) is 6.92 Å². The Labute approximate surface area is 162 Å². The maximum absolute atomic E-state index is 12.1. The molecule has 1 atom stereocenters. The van der Waals surface area contributed by atoms with Crippen LogP contribution in [-0.4, -0.2) is 34.5 Å². The summed E-state index contributed by atoms with van der Waals surface area (Å²) in [5.74, 6) is -5.56. The monoisotopic (exact) mass is 390 g/mol. The third kappa shape index (κ3) is 20.6.